The molecule has 4 nitrogen and oxygen atoms in total. The van der Waals surface area contributed by atoms with Gasteiger partial charge in [0.05, 0.1) is 21.8 Å². The van der Waals surface area contributed by atoms with Crippen LogP contribution in [-0.2, 0) is 11.2 Å². The number of carbonyl (C=O) groups excluding carboxylic acids is 1. The lowest BCUT2D eigenvalue weighted by atomic mass is 10.2. The highest BCUT2D eigenvalue weighted by atomic mass is 32.1. The van der Waals surface area contributed by atoms with Crippen LogP contribution in [0.1, 0.15) is 24.8 Å². The Bertz CT molecular complexity index is 779. The van der Waals surface area contributed by atoms with E-state index in [1.54, 1.807) is 11.3 Å². The van der Waals surface area contributed by atoms with E-state index in [9.17, 15) is 4.79 Å². The molecule has 0 aliphatic carbocycles. The number of para-hydroxylation sites is 1. The van der Waals surface area contributed by atoms with Crippen molar-refractivity contribution in [3.05, 3.63) is 53.5 Å². The predicted molar refractivity (Wildman–Crippen MR) is 98.8 cm³/mol. The maximum absolute atomic E-state index is 12.0. The van der Waals surface area contributed by atoms with Crippen molar-refractivity contribution in [3.8, 4) is 5.75 Å². The average molecular weight is 340 g/mol. The molecule has 0 atom stereocenters. The van der Waals surface area contributed by atoms with Gasteiger partial charge in [0, 0.05) is 12.1 Å². The number of rotatable bonds is 7. The third-order valence-electron chi connectivity index (χ3n) is 3.58. The maximum Gasteiger partial charge on any atom is 0.224 e. The minimum absolute atomic E-state index is 0.0280. The molecule has 0 saturated heterocycles. The summed E-state index contributed by atoms with van der Waals surface area (Å²) in [6.07, 6.45) is 2.11. The smallest absolute Gasteiger partial charge is 0.224 e. The molecule has 124 valence electrons. The number of hydrogen-bond acceptors (Lipinski definition) is 4. The molecule has 0 spiro atoms. The summed E-state index contributed by atoms with van der Waals surface area (Å²) >= 11 is 1.70. The standard InChI is InChI=1S/C19H20N2O2S/c1-2-23-15-12-10-14(11-13-15)20-18(22)8-5-9-19-21-16-6-3-4-7-17(16)24-19/h3-4,6-7,10-13H,2,5,8-9H2,1H3,(H,20,22). The summed E-state index contributed by atoms with van der Waals surface area (Å²) in [7, 11) is 0. The fourth-order valence-corrected chi connectivity index (χ4v) is 3.46. The monoisotopic (exact) mass is 340 g/mol. The number of nitrogens with one attached hydrogen (secondary N) is 1. The zero-order valence-corrected chi connectivity index (χ0v) is 14.4. The Kier molecular flexibility index (Phi) is 5.43. The van der Waals surface area contributed by atoms with Crippen LogP contribution in [0.5, 0.6) is 5.75 Å². The van der Waals surface area contributed by atoms with E-state index in [-0.39, 0.29) is 5.91 Å². The van der Waals surface area contributed by atoms with Crippen molar-refractivity contribution in [2.45, 2.75) is 26.2 Å². The fourth-order valence-electron chi connectivity index (χ4n) is 2.45. The van der Waals surface area contributed by atoms with Crippen molar-refractivity contribution in [2.24, 2.45) is 0 Å². The van der Waals surface area contributed by atoms with E-state index in [4.69, 9.17) is 4.74 Å². The number of anilines is 1. The zero-order valence-electron chi connectivity index (χ0n) is 13.6. The highest BCUT2D eigenvalue weighted by Crippen LogP contribution is 2.23. The molecule has 0 fully saturated rings. The number of aromatic nitrogens is 1. The summed E-state index contributed by atoms with van der Waals surface area (Å²) < 4.78 is 6.59. The van der Waals surface area contributed by atoms with E-state index >= 15 is 0 Å². The molecule has 0 aliphatic heterocycles. The quantitative estimate of drug-likeness (QED) is 0.681. The number of hydrogen-bond donors (Lipinski definition) is 1. The first-order valence-corrected chi connectivity index (χ1v) is 8.93. The maximum atomic E-state index is 12.0. The third-order valence-corrected chi connectivity index (χ3v) is 4.68. The second kappa shape index (κ2) is 7.93. The van der Waals surface area contributed by atoms with Gasteiger partial charge in [-0.15, -0.1) is 11.3 Å². The molecule has 0 unspecified atom stereocenters. The number of benzene rings is 2. The SMILES string of the molecule is CCOc1ccc(NC(=O)CCCc2nc3ccccc3s2)cc1. The zero-order chi connectivity index (χ0) is 16.8. The molecule has 2 aromatic carbocycles. The molecule has 0 saturated carbocycles. The molecule has 1 heterocycles. The van der Waals surface area contributed by atoms with Crippen LogP contribution < -0.4 is 10.1 Å². The molecule has 5 heteroatoms. The van der Waals surface area contributed by atoms with Crippen LogP contribution in [-0.4, -0.2) is 17.5 Å². The van der Waals surface area contributed by atoms with E-state index in [1.165, 1.54) is 4.70 Å². The van der Waals surface area contributed by atoms with E-state index in [0.717, 1.165) is 34.8 Å². The first-order valence-electron chi connectivity index (χ1n) is 8.12. The van der Waals surface area contributed by atoms with E-state index < -0.39 is 0 Å². The predicted octanol–water partition coefficient (Wildman–Crippen LogP) is 4.66. The second-order valence-electron chi connectivity index (χ2n) is 5.43. The molecule has 0 radical (unpaired) electrons. The molecule has 3 rings (SSSR count). The average Bonchev–Trinajstić information content (AvgIpc) is 2.99. The summed E-state index contributed by atoms with van der Waals surface area (Å²) in [5, 5.41) is 4.00. The van der Waals surface area contributed by atoms with Gasteiger partial charge in [0.25, 0.3) is 0 Å². The molecule has 1 amide bonds. The molecule has 24 heavy (non-hydrogen) atoms. The molecule has 3 aromatic rings. The van der Waals surface area contributed by atoms with Crippen molar-refractivity contribution >= 4 is 33.1 Å². The van der Waals surface area contributed by atoms with Crippen molar-refractivity contribution in [2.75, 3.05) is 11.9 Å². The molecule has 1 N–H and O–H groups in total. The van der Waals surface area contributed by atoms with Crippen LogP contribution in [0, 0.1) is 0 Å². The van der Waals surface area contributed by atoms with Crippen molar-refractivity contribution < 1.29 is 9.53 Å². The van der Waals surface area contributed by atoms with Crippen LogP contribution in [0.25, 0.3) is 10.2 Å². The summed E-state index contributed by atoms with van der Waals surface area (Å²) in [4.78, 5) is 16.6. The first kappa shape index (κ1) is 16.5. The van der Waals surface area contributed by atoms with Crippen LogP contribution in [0.15, 0.2) is 48.5 Å². The van der Waals surface area contributed by atoms with Gasteiger partial charge in [0.15, 0.2) is 0 Å². The lowest BCUT2D eigenvalue weighted by Gasteiger charge is -2.06. The Morgan fingerprint density at radius 1 is 1.17 bits per heavy atom. The van der Waals surface area contributed by atoms with Gasteiger partial charge in [0.2, 0.25) is 5.91 Å². The second-order valence-corrected chi connectivity index (χ2v) is 6.55. The normalized spacial score (nSPS) is 10.7. The van der Waals surface area contributed by atoms with Gasteiger partial charge in [-0.25, -0.2) is 4.98 Å². The first-order chi connectivity index (χ1) is 11.7. The van der Waals surface area contributed by atoms with E-state index in [2.05, 4.69) is 16.4 Å². The van der Waals surface area contributed by atoms with Crippen molar-refractivity contribution in [1.82, 2.24) is 4.98 Å². The number of nitrogens with zero attached hydrogens (tertiary/aromatic N) is 1. The lowest BCUT2D eigenvalue weighted by Crippen LogP contribution is -2.11. The molecule has 0 bridgehead atoms. The summed E-state index contributed by atoms with van der Waals surface area (Å²) in [6, 6.07) is 15.6. The van der Waals surface area contributed by atoms with Gasteiger partial charge in [-0.05, 0) is 56.2 Å². The molecule has 1 aromatic heterocycles. The van der Waals surface area contributed by atoms with E-state index in [0.29, 0.717) is 13.0 Å². The van der Waals surface area contributed by atoms with Gasteiger partial charge >= 0.3 is 0 Å². The number of fused-ring (bicyclic) bond motifs is 1. The third kappa shape index (κ3) is 4.32. The highest BCUT2D eigenvalue weighted by Gasteiger charge is 2.06. The Morgan fingerprint density at radius 2 is 1.96 bits per heavy atom. The van der Waals surface area contributed by atoms with Gasteiger partial charge in [-0.1, -0.05) is 12.1 Å². The Balaban J connectivity index is 1.46. The minimum atomic E-state index is 0.0280. The van der Waals surface area contributed by atoms with Crippen molar-refractivity contribution in [3.63, 3.8) is 0 Å². The molecular formula is C19H20N2O2S. The molecule has 0 aliphatic rings. The van der Waals surface area contributed by atoms with E-state index in [1.807, 2.05) is 49.4 Å². The highest BCUT2D eigenvalue weighted by molar-refractivity contribution is 7.18. The summed E-state index contributed by atoms with van der Waals surface area (Å²) in [5.41, 5.74) is 1.83. The number of thiazole rings is 1. The van der Waals surface area contributed by atoms with Crippen LogP contribution >= 0.6 is 11.3 Å². The Morgan fingerprint density at radius 3 is 2.71 bits per heavy atom. The van der Waals surface area contributed by atoms with Crippen LogP contribution in [0.4, 0.5) is 5.69 Å². The minimum Gasteiger partial charge on any atom is -0.494 e. The van der Waals surface area contributed by atoms with Gasteiger partial charge in [-0.2, -0.15) is 0 Å². The largest absolute Gasteiger partial charge is 0.494 e. The number of carbonyl (C=O) groups is 1. The van der Waals surface area contributed by atoms with Crippen LogP contribution in [0.2, 0.25) is 0 Å². The number of aryl methyl sites for hydroxylation is 1. The fraction of sp³-hybridized carbons (Fsp3) is 0.263. The van der Waals surface area contributed by atoms with Gasteiger partial charge in [0.1, 0.15) is 5.75 Å². The lowest BCUT2D eigenvalue weighted by molar-refractivity contribution is -0.116. The van der Waals surface area contributed by atoms with Crippen molar-refractivity contribution in [1.29, 1.82) is 0 Å². The van der Waals surface area contributed by atoms with Crippen LogP contribution in [0.3, 0.4) is 0 Å². The number of amides is 1. The summed E-state index contributed by atoms with van der Waals surface area (Å²) in [5.74, 6) is 0.839. The van der Waals surface area contributed by atoms with Gasteiger partial charge < -0.3 is 10.1 Å². The topological polar surface area (TPSA) is 51.2 Å². The Hall–Kier alpha value is -2.40. The Labute approximate surface area is 145 Å². The van der Waals surface area contributed by atoms with Gasteiger partial charge in [-0.3, -0.25) is 4.79 Å². The number of ether oxygens (including phenoxy) is 1. The summed E-state index contributed by atoms with van der Waals surface area (Å²) in [6.45, 7) is 2.58. The molecular weight excluding hydrogens is 320 g/mol.